The number of anilines is 1. The number of aromatic hydroxyl groups is 1. The average molecular weight is 462 g/mol. The number of benzene rings is 2. The fourth-order valence-corrected chi connectivity index (χ4v) is 4.06. The van der Waals surface area contributed by atoms with E-state index < -0.39 is 5.91 Å². The van der Waals surface area contributed by atoms with Gasteiger partial charge in [-0.1, -0.05) is 34.5 Å². The Kier molecular flexibility index (Phi) is 5.63. The first kappa shape index (κ1) is 20.2. The molecule has 0 bridgehead atoms. The third-order valence-electron chi connectivity index (χ3n) is 3.97. The summed E-state index contributed by atoms with van der Waals surface area (Å²) in [6.45, 7) is 0. The number of carbonyl (C=O) groups excluding carboxylic acids is 1. The van der Waals surface area contributed by atoms with Crippen molar-refractivity contribution in [3.63, 3.8) is 0 Å². The molecule has 0 radical (unpaired) electrons. The molecule has 0 unspecified atom stereocenters. The first-order valence-corrected chi connectivity index (χ1v) is 10.1. The highest BCUT2D eigenvalue weighted by molar-refractivity contribution is 7.22. The molecular formula is C20H13Cl2N3O4S. The minimum Gasteiger partial charge on any atom is -0.503 e. The van der Waals surface area contributed by atoms with Crippen LogP contribution in [0, 0.1) is 0 Å². The van der Waals surface area contributed by atoms with Gasteiger partial charge in [-0.05, 0) is 30.3 Å². The van der Waals surface area contributed by atoms with Crippen LogP contribution in [-0.2, 0) is 0 Å². The quantitative estimate of drug-likeness (QED) is 0.392. The Morgan fingerprint density at radius 2 is 1.87 bits per heavy atom. The third-order valence-corrected chi connectivity index (χ3v) is 5.34. The highest BCUT2D eigenvalue weighted by Crippen LogP contribution is 2.34. The van der Waals surface area contributed by atoms with Crippen LogP contribution in [0.2, 0.25) is 10.0 Å². The van der Waals surface area contributed by atoms with Gasteiger partial charge in [0.2, 0.25) is 0 Å². The van der Waals surface area contributed by atoms with Crippen molar-refractivity contribution >= 4 is 55.8 Å². The first-order chi connectivity index (χ1) is 14.4. The van der Waals surface area contributed by atoms with Crippen molar-refractivity contribution in [1.82, 2.24) is 9.97 Å². The Bertz CT molecular complexity index is 1240. The van der Waals surface area contributed by atoms with Crippen LogP contribution in [0.25, 0.3) is 10.2 Å². The number of methoxy groups -OCH3 is 1. The molecule has 0 spiro atoms. The zero-order valence-electron chi connectivity index (χ0n) is 15.3. The number of hydrogen-bond donors (Lipinski definition) is 2. The summed E-state index contributed by atoms with van der Waals surface area (Å²) in [7, 11) is 1.39. The Morgan fingerprint density at radius 3 is 2.60 bits per heavy atom. The van der Waals surface area contributed by atoms with Crippen molar-refractivity contribution in [2.75, 3.05) is 12.4 Å². The number of thiazole rings is 1. The van der Waals surface area contributed by atoms with Gasteiger partial charge in [-0.2, -0.15) is 0 Å². The summed E-state index contributed by atoms with van der Waals surface area (Å²) >= 11 is 13.3. The highest BCUT2D eigenvalue weighted by Gasteiger charge is 2.18. The molecule has 0 fully saturated rings. The number of hydrogen-bond acceptors (Lipinski definition) is 7. The average Bonchev–Trinajstić information content (AvgIpc) is 3.08. The lowest BCUT2D eigenvalue weighted by Crippen LogP contribution is -2.13. The number of rotatable bonds is 5. The van der Waals surface area contributed by atoms with Gasteiger partial charge in [0, 0.05) is 28.4 Å². The molecule has 0 aliphatic rings. The second kappa shape index (κ2) is 8.35. The van der Waals surface area contributed by atoms with Crippen molar-refractivity contribution in [3.8, 4) is 23.0 Å². The summed E-state index contributed by atoms with van der Waals surface area (Å²) in [5.74, 6) is 0.284. The third kappa shape index (κ3) is 4.25. The molecule has 0 saturated carbocycles. The molecule has 2 heterocycles. The number of nitrogens with one attached hydrogen (secondary N) is 1. The van der Waals surface area contributed by atoms with Crippen LogP contribution in [-0.4, -0.2) is 28.1 Å². The van der Waals surface area contributed by atoms with Crippen LogP contribution in [0.1, 0.15) is 10.5 Å². The molecule has 152 valence electrons. The lowest BCUT2D eigenvalue weighted by molar-refractivity contribution is 0.101. The molecule has 0 saturated heterocycles. The lowest BCUT2D eigenvalue weighted by atomic mass is 10.3. The molecule has 7 nitrogen and oxygen atoms in total. The van der Waals surface area contributed by atoms with Crippen molar-refractivity contribution in [2.45, 2.75) is 0 Å². The maximum absolute atomic E-state index is 12.5. The number of nitrogens with zero attached hydrogens (tertiary/aromatic N) is 2. The first-order valence-electron chi connectivity index (χ1n) is 8.51. The van der Waals surface area contributed by atoms with Crippen molar-refractivity contribution in [3.05, 3.63) is 64.4 Å². The van der Waals surface area contributed by atoms with Gasteiger partial charge < -0.3 is 14.6 Å². The number of fused-ring (bicyclic) bond motifs is 1. The van der Waals surface area contributed by atoms with Crippen LogP contribution < -0.4 is 14.8 Å². The van der Waals surface area contributed by atoms with Crippen molar-refractivity contribution in [2.24, 2.45) is 0 Å². The molecular weight excluding hydrogens is 449 g/mol. The largest absolute Gasteiger partial charge is 0.503 e. The number of carbonyl (C=O) groups is 1. The Hall–Kier alpha value is -3.07. The van der Waals surface area contributed by atoms with Gasteiger partial charge in [-0.3, -0.25) is 10.1 Å². The van der Waals surface area contributed by atoms with E-state index in [0.29, 0.717) is 32.2 Å². The van der Waals surface area contributed by atoms with Gasteiger partial charge in [0.1, 0.15) is 11.5 Å². The van der Waals surface area contributed by atoms with E-state index in [1.807, 2.05) is 0 Å². The SMILES string of the molecule is COc1ccnc(C(=O)Nc2nc3ccc(Oc4cc(Cl)cc(Cl)c4)cc3s2)c1O. The zero-order chi connectivity index (χ0) is 21.3. The maximum atomic E-state index is 12.5. The smallest absolute Gasteiger partial charge is 0.280 e. The number of pyridine rings is 1. The van der Waals surface area contributed by atoms with Gasteiger partial charge in [0.05, 0.1) is 17.3 Å². The monoisotopic (exact) mass is 461 g/mol. The fourth-order valence-electron chi connectivity index (χ4n) is 2.67. The van der Waals surface area contributed by atoms with E-state index in [1.54, 1.807) is 36.4 Å². The predicted octanol–water partition coefficient (Wildman–Crippen LogP) is 5.76. The molecule has 10 heteroatoms. The van der Waals surface area contributed by atoms with Gasteiger partial charge in [0.15, 0.2) is 22.3 Å². The molecule has 2 aromatic heterocycles. The molecule has 0 aliphatic heterocycles. The van der Waals surface area contributed by atoms with E-state index in [4.69, 9.17) is 32.7 Å². The van der Waals surface area contributed by atoms with Gasteiger partial charge in [0.25, 0.3) is 5.91 Å². The van der Waals surface area contributed by atoms with Crippen LogP contribution in [0.3, 0.4) is 0 Å². The summed E-state index contributed by atoms with van der Waals surface area (Å²) in [5.41, 5.74) is 0.519. The summed E-state index contributed by atoms with van der Waals surface area (Å²) in [6.07, 6.45) is 1.37. The van der Waals surface area contributed by atoms with E-state index in [0.717, 1.165) is 4.70 Å². The van der Waals surface area contributed by atoms with Crippen LogP contribution in [0.15, 0.2) is 48.7 Å². The van der Waals surface area contributed by atoms with Crippen molar-refractivity contribution in [1.29, 1.82) is 0 Å². The van der Waals surface area contributed by atoms with Crippen LogP contribution in [0.4, 0.5) is 5.13 Å². The van der Waals surface area contributed by atoms with E-state index in [2.05, 4.69) is 15.3 Å². The van der Waals surface area contributed by atoms with E-state index in [-0.39, 0.29) is 17.2 Å². The molecule has 1 amide bonds. The molecule has 0 atom stereocenters. The number of halogens is 2. The summed E-state index contributed by atoms with van der Waals surface area (Å²) in [4.78, 5) is 20.8. The Morgan fingerprint density at radius 1 is 1.10 bits per heavy atom. The van der Waals surface area contributed by atoms with E-state index in [1.165, 1.54) is 30.7 Å². The minimum atomic E-state index is -0.601. The second-order valence-electron chi connectivity index (χ2n) is 6.02. The number of aromatic nitrogens is 2. The second-order valence-corrected chi connectivity index (χ2v) is 7.92. The van der Waals surface area contributed by atoms with Crippen LogP contribution in [0.5, 0.6) is 23.0 Å². The topological polar surface area (TPSA) is 93.6 Å². The molecule has 0 aliphatic carbocycles. The van der Waals surface area contributed by atoms with E-state index in [9.17, 15) is 9.90 Å². The molecule has 30 heavy (non-hydrogen) atoms. The van der Waals surface area contributed by atoms with Gasteiger partial charge >= 0.3 is 0 Å². The fraction of sp³-hybridized carbons (Fsp3) is 0.0500. The summed E-state index contributed by atoms with van der Waals surface area (Å²) < 4.78 is 11.6. The normalized spacial score (nSPS) is 10.8. The number of ether oxygens (including phenoxy) is 2. The number of amides is 1. The zero-order valence-corrected chi connectivity index (χ0v) is 17.7. The Labute approximate surface area is 184 Å². The molecule has 4 rings (SSSR count). The standard InChI is InChI=1S/C20H13Cl2N3O4S/c1-28-15-4-5-23-17(18(15)26)19(27)25-20-24-14-3-2-12(9-16(14)30-20)29-13-7-10(21)6-11(22)8-13/h2-9,26H,1H3,(H,24,25,27). The Balaban J connectivity index is 1.56. The van der Waals surface area contributed by atoms with Crippen LogP contribution >= 0.6 is 34.5 Å². The maximum Gasteiger partial charge on any atom is 0.280 e. The van der Waals surface area contributed by atoms with Gasteiger partial charge in [-0.25, -0.2) is 9.97 Å². The minimum absolute atomic E-state index is 0.155. The highest BCUT2D eigenvalue weighted by atomic mass is 35.5. The summed E-state index contributed by atoms with van der Waals surface area (Å²) in [6, 6.07) is 11.7. The predicted molar refractivity (Wildman–Crippen MR) is 117 cm³/mol. The molecule has 2 N–H and O–H groups in total. The lowest BCUT2D eigenvalue weighted by Gasteiger charge is -2.06. The van der Waals surface area contributed by atoms with E-state index >= 15 is 0 Å². The molecule has 4 aromatic rings. The van der Waals surface area contributed by atoms with Crippen molar-refractivity contribution < 1.29 is 19.4 Å². The summed E-state index contributed by atoms with van der Waals surface area (Å²) in [5, 5.41) is 14.0. The molecule has 2 aromatic carbocycles. The van der Waals surface area contributed by atoms with Gasteiger partial charge in [-0.15, -0.1) is 0 Å².